The largest absolute Gasteiger partial charge is 0.357 e. The van der Waals surface area contributed by atoms with Gasteiger partial charge in [-0.3, -0.25) is 9.67 Å². The molecule has 0 aliphatic carbocycles. The van der Waals surface area contributed by atoms with E-state index in [2.05, 4.69) is 59.7 Å². The van der Waals surface area contributed by atoms with Crippen molar-refractivity contribution in [2.45, 2.75) is 26.3 Å². The fourth-order valence-corrected chi connectivity index (χ4v) is 2.47. The maximum Gasteiger partial charge on any atom is 0.193 e. The lowest BCUT2D eigenvalue weighted by Crippen LogP contribution is -2.38. The Hall–Kier alpha value is -2.30. The first-order valence-corrected chi connectivity index (χ1v) is 8.20. The zero-order valence-electron chi connectivity index (χ0n) is 14.4. The summed E-state index contributed by atoms with van der Waals surface area (Å²) >= 11 is 0. The van der Waals surface area contributed by atoms with Crippen molar-refractivity contribution in [3.05, 3.63) is 53.9 Å². The minimum absolute atomic E-state index is 0.816. The molecule has 0 spiro atoms. The summed E-state index contributed by atoms with van der Waals surface area (Å²) in [5, 5.41) is 7.56. The lowest BCUT2D eigenvalue weighted by atomic mass is 10.2. The summed E-state index contributed by atoms with van der Waals surface area (Å²) in [4.78, 5) is 6.91. The normalized spacial score (nSPS) is 11.5. The molecule has 2 rings (SSSR count). The number of nitrogens with zero attached hydrogens (tertiary/aromatic N) is 4. The van der Waals surface area contributed by atoms with Crippen molar-refractivity contribution in [2.24, 2.45) is 12.0 Å². The van der Waals surface area contributed by atoms with E-state index in [0.29, 0.717) is 0 Å². The molecule has 2 aromatic rings. The lowest BCUT2D eigenvalue weighted by Gasteiger charge is -2.22. The quantitative estimate of drug-likeness (QED) is 0.485. The van der Waals surface area contributed by atoms with Gasteiger partial charge in [-0.05, 0) is 30.9 Å². The number of hydrogen-bond acceptors (Lipinski definition) is 2. The molecule has 1 N–H and O–H groups in total. The topological polar surface area (TPSA) is 45.5 Å². The molecule has 0 radical (unpaired) electrons. The monoisotopic (exact) mass is 313 g/mol. The van der Waals surface area contributed by atoms with Crippen molar-refractivity contribution >= 4 is 5.96 Å². The molecular weight excluding hydrogens is 286 g/mol. The molecule has 0 amide bonds. The van der Waals surface area contributed by atoms with Crippen molar-refractivity contribution in [2.75, 3.05) is 20.1 Å². The van der Waals surface area contributed by atoms with Crippen LogP contribution in [-0.4, -0.2) is 40.8 Å². The predicted molar refractivity (Wildman–Crippen MR) is 95.4 cm³/mol. The number of aromatic nitrogens is 2. The lowest BCUT2D eigenvalue weighted by molar-refractivity contribution is 0.476. The fourth-order valence-electron chi connectivity index (χ4n) is 2.47. The summed E-state index contributed by atoms with van der Waals surface area (Å²) < 4.78 is 1.84. The Morgan fingerprint density at radius 2 is 2.04 bits per heavy atom. The molecule has 0 aliphatic heterocycles. The van der Waals surface area contributed by atoms with E-state index < -0.39 is 0 Å². The SMILES string of the molecule is CCNC(=NCCCc1cnn(C)c1)N(C)Cc1ccccc1. The number of aliphatic imine (C=N–C) groups is 1. The molecule has 1 aromatic carbocycles. The van der Waals surface area contributed by atoms with Crippen LogP contribution in [0.1, 0.15) is 24.5 Å². The first-order chi connectivity index (χ1) is 11.2. The van der Waals surface area contributed by atoms with Gasteiger partial charge in [0.05, 0.1) is 6.20 Å². The van der Waals surface area contributed by atoms with Crippen molar-refractivity contribution in [1.29, 1.82) is 0 Å². The van der Waals surface area contributed by atoms with E-state index in [-0.39, 0.29) is 0 Å². The number of aryl methyl sites for hydroxylation is 2. The highest BCUT2D eigenvalue weighted by Gasteiger charge is 2.06. The second-order valence-corrected chi connectivity index (χ2v) is 5.70. The summed E-state index contributed by atoms with van der Waals surface area (Å²) in [6, 6.07) is 10.5. The van der Waals surface area contributed by atoms with Crippen molar-refractivity contribution in [1.82, 2.24) is 20.0 Å². The number of nitrogens with one attached hydrogen (secondary N) is 1. The van der Waals surface area contributed by atoms with Crippen LogP contribution in [0.4, 0.5) is 0 Å². The van der Waals surface area contributed by atoms with Gasteiger partial charge in [0.15, 0.2) is 5.96 Å². The summed E-state index contributed by atoms with van der Waals surface area (Å²) in [6.07, 6.45) is 6.03. The molecule has 0 saturated heterocycles. The first kappa shape index (κ1) is 17.1. The van der Waals surface area contributed by atoms with Gasteiger partial charge >= 0.3 is 0 Å². The fraction of sp³-hybridized carbons (Fsp3) is 0.444. The Bertz CT molecular complexity index is 603. The Labute approximate surface area is 139 Å². The van der Waals surface area contributed by atoms with Crippen LogP contribution in [-0.2, 0) is 20.0 Å². The molecular formula is C18H27N5. The number of guanidine groups is 1. The highest BCUT2D eigenvalue weighted by atomic mass is 15.3. The number of rotatable bonds is 7. The van der Waals surface area contributed by atoms with E-state index in [1.165, 1.54) is 11.1 Å². The average molecular weight is 313 g/mol. The third-order valence-corrected chi connectivity index (χ3v) is 3.60. The van der Waals surface area contributed by atoms with Crippen LogP contribution in [0.3, 0.4) is 0 Å². The van der Waals surface area contributed by atoms with Gasteiger partial charge in [0, 0.05) is 39.9 Å². The van der Waals surface area contributed by atoms with E-state index in [1.807, 2.05) is 24.0 Å². The zero-order valence-corrected chi connectivity index (χ0v) is 14.4. The molecule has 0 bridgehead atoms. The van der Waals surface area contributed by atoms with Gasteiger partial charge in [-0.15, -0.1) is 0 Å². The van der Waals surface area contributed by atoms with Crippen LogP contribution in [0.15, 0.2) is 47.7 Å². The average Bonchev–Trinajstić information content (AvgIpc) is 2.96. The van der Waals surface area contributed by atoms with Gasteiger partial charge in [0.1, 0.15) is 0 Å². The smallest absolute Gasteiger partial charge is 0.193 e. The Morgan fingerprint density at radius 1 is 1.26 bits per heavy atom. The molecule has 5 heteroatoms. The number of hydrogen-bond donors (Lipinski definition) is 1. The van der Waals surface area contributed by atoms with Gasteiger partial charge < -0.3 is 10.2 Å². The van der Waals surface area contributed by atoms with Crippen LogP contribution >= 0.6 is 0 Å². The highest BCUT2D eigenvalue weighted by Crippen LogP contribution is 2.04. The molecule has 23 heavy (non-hydrogen) atoms. The van der Waals surface area contributed by atoms with Crippen LogP contribution in [0, 0.1) is 0 Å². The van der Waals surface area contributed by atoms with E-state index in [9.17, 15) is 0 Å². The second-order valence-electron chi connectivity index (χ2n) is 5.70. The van der Waals surface area contributed by atoms with Crippen molar-refractivity contribution < 1.29 is 0 Å². The van der Waals surface area contributed by atoms with Gasteiger partial charge in [-0.1, -0.05) is 30.3 Å². The molecule has 0 saturated carbocycles. The molecule has 0 unspecified atom stereocenters. The van der Waals surface area contributed by atoms with Crippen molar-refractivity contribution in [3.8, 4) is 0 Å². The highest BCUT2D eigenvalue weighted by molar-refractivity contribution is 5.79. The molecule has 5 nitrogen and oxygen atoms in total. The number of benzene rings is 1. The maximum atomic E-state index is 4.74. The predicted octanol–water partition coefficient (Wildman–Crippen LogP) is 2.45. The van der Waals surface area contributed by atoms with E-state index >= 15 is 0 Å². The summed E-state index contributed by atoms with van der Waals surface area (Å²) in [5.41, 5.74) is 2.56. The minimum Gasteiger partial charge on any atom is -0.357 e. The zero-order chi connectivity index (χ0) is 16.5. The van der Waals surface area contributed by atoms with E-state index in [4.69, 9.17) is 4.99 Å². The summed E-state index contributed by atoms with van der Waals surface area (Å²) in [6.45, 7) is 4.65. The van der Waals surface area contributed by atoms with Gasteiger partial charge in [-0.2, -0.15) is 5.10 Å². The molecule has 1 aromatic heterocycles. The van der Waals surface area contributed by atoms with Gasteiger partial charge in [-0.25, -0.2) is 0 Å². The summed E-state index contributed by atoms with van der Waals surface area (Å²) in [5.74, 6) is 0.961. The van der Waals surface area contributed by atoms with Crippen molar-refractivity contribution in [3.63, 3.8) is 0 Å². The van der Waals surface area contributed by atoms with Crippen LogP contribution in [0.5, 0.6) is 0 Å². The Morgan fingerprint density at radius 3 is 2.70 bits per heavy atom. The van der Waals surface area contributed by atoms with Gasteiger partial charge in [0.25, 0.3) is 0 Å². The van der Waals surface area contributed by atoms with E-state index in [1.54, 1.807) is 0 Å². The second kappa shape index (κ2) is 8.98. The standard InChI is InChI=1S/C18H27N5/c1-4-19-18(22(2)14-16-9-6-5-7-10-16)20-12-8-11-17-13-21-23(3)15-17/h5-7,9-10,13,15H,4,8,11-12,14H2,1-3H3,(H,19,20). The van der Waals surface area contributed by atoms with Crippen LogP contribution in [0.25, 0.3) is 0 Å². The maximum absolute atomic E-state index is 4.74. The molecule has 124 valence electrons. The third-order valence-electron chi connectivity index (χ3n) is 3.60. The molecule has 0 fully saturated rings. The first-order valence-electron chi connectivity index (χ1n) is 8.20. The van der Waals surface area contributed by atoms with Gasteiger partial charge in [0.2, 0.25) is 0 Å². The summed E-state index contributed by atoms with van der Waals surface area (Å²) in [7, 11) is 4.03. The van der Waals surface area contributed by atoms with Crippen LogP contribution < -0.4 is 5.32 Å². The minimum atomic E-state index is 0.816. The Balaban J connectivity index is 1.85. The van der Waals surface area contributed by atoms with Crippen LogP contribution in [0.2, 0.25) is 0 Å². The van der Waals surface area contributed by atoms with E-state index in [0.717, 1.165) is 38.4 Å². The molecule has 1 heterocycles. The molecule has 0 aliphatic rings. The third kappa shape index (κ3) is 5.77. The Kier molecular flexibility index (Phi) is 6.66. The molecule has 0 atom stereocenters.